The van der Waals surface area contributed by atoms with E-state index in [0.29, 0.717) is 27.4 Å². The minimum absolute atomic E-state index is 0.302. The Labute approximate surface area is 110 Å². The molecule has 2 aromatic rings. The van der Waals surface area contributed by atoms with Gasteiger partial charge >= 0.3 is 5.97 Å². The molecule has 94 valence electrons. The number of methoxy groups -OCH3 is 1. The Morgan fingerprint density at radius 1 is 1.28 bits per heavy atom. The first-order chi connectivity index (χ1) is 8.45. The second-order valence-corrected chi connectivity index (χ2v) is 4.51. The number of rotatable bonds is 1. The van der Waals surface area contributed by atoms with E-state index in [0.717, 1.165) is 11.1 Å². The first-order valence-corrected chi connectivity index (χ1v) is 5.86. The van der Waals surface area contributed by atoms with Crippen LogP contribution in [-0.4, -0.2) is 23.0 Å². The maximum atomic E-state index is 11.9. The summed E-state index contributed by atoms with van der Waals surface area (Å²) < 4.78 is 4.80. The highest BCUT2D eigenvalue weighted by Gasteiger charge is 2.18. The van der Waals surface area contributed by atoms with Gasteiger partial charge in [-0.1, -0.05) is 11.6 Å². The fourth-order valence-corrected chi connectivity index (χ4v) is 1.97. The maximum Gasteiger partial charge on any atom is 0.340 e. The smallest absolute Gasteiger partial charge is 0.340 e. The molecule has 1 aromatic carbocycles. The van der Waals surface area contributed by atoms with Crippen LogP contribution in [0.3, 0.4) is 0 Å². The molecule has 0 amide bonds. The van der Waals surface area contributed by atoms with Gasteiger partial charge in [0, 0.05) is 0 Å². The number of carbonyl (C=O) groups excluding carboxylic acids is 1. The van der Waals surface area contributed by atoms with Crippen molar-refractivity contribution in [3.8, 4) is 0 Å². The van der Waals surface area contributed by atoms with E-state index in [2.05, 4.69) is 9.97 Å². The number of carbonyl (C=O) groups is 1. The molecule has 0 saturated heterocycles. The normalized spacial score (nSPS) is 10.7. The second kappa shape index (κ2) is 4.53. The minimum atomic E-state index is -0.421. The van der Waals surface area contributed by atoms with Gasteiger partial charge in [-0.15, -0.1) is 0 Å². The zero-order valence-corrected chi connectivity index (χ0v) is 11.4. The highest BCUT2D eigenvalue weighted by molar-refractivity contribution is 6.30. The van der Waals surface area contributed by atoms with Crippen LogP contribution in [-0.2, 0) is 4.74 Å². The quantitative estimate of drug-likeness (QED) is 0.743. The number of esters is 1. The van der Waals surface area contributed by atoms with Crippen LogP contribution >= 0.6 is 11.6 Å². The van der Waals surface area contributed by atoms with Crippen LogP contribution < -0.4 is 0 Å². The average Bonchev–Trinajstić information content (AvgIpc) is 2.33. The molecule has 5 heteroatoms. The summed E-state index contributed by atoms with van der Waals surface area (Å²) >= 11 is 5.97. The van der Waals surface area contributed by atoms with Gasteiger partial charge in [0.2, 0.25) is 0 Å². The highest BCUT2D eigenvalue weighted by atomic mass is 35.5. The van der Waals surface area contributed by atoms with Crippen molar-refractivity contribution in [2.45, 2.75) is 20.8 Å². The van der Waals surface area contributed by atoms with Crippen molar-refractivity contribution in [2.75, 3.05) is 7.11 Å². The third kappa shape index (κ3) is 1.93. The van der Waals surface area contributed by atoms with E-state index in [1.165, 1.54) is 7.11 Å². The SMILES string of the molecule is COC(=O)c1c(C)c(C)cc2nc(C)c(Cl)nc12. The molecule has 18 heavy (non-hydrogen) atoms. The summed E-state index contributed by atoms with van der Waals surface area (Å²) in [6.45, 7) is 5.56. The number of halogens is 1. The van der Waals surface area contributed by atoms with E-state index >= 15 is 0 Å². The van der Waals surface area contributed by atoms with Crippen LogP contribution in [0, 0.1) is 20.8 Å². The molecule has 1 heterocycles. The molecule has 1 aromatic heterocycles. The van der Waals surface area contributed by atoms with E-state index < -0.39 is 5.97 Å². The number of nitrogens with zero attached hydrogens (tertiary/aromatic N) is 2. The van der Waals surface area contributed by atoms with Crippen molar-refractivity contribution in [3.63, 3.8) is 0 Å². The first-order valence-electron chi connectivity index (χ1n) is 5.48. The molecule has 0 spiro atoms. The number of ether oxygens (including phenoxy) is 1. The monoisotopic (exact) mass is 264 g/mol. The molecular weight excluding hydrogens is 252 g/mol. The molecule has 0 fully saturated rings. The topological polar surface area (TPSA) is 52.1 Å². The van der Waals surface area contributed by atoms with E-state index in [1.54, 1.807) is 6.92 Å². The van der Waals surface area contributed by atoms with Crippen LogP contribution in [0.25, 0.3) is 11.0 Å². The largest absolute Gasteiger partial charge is 0.465 e. The van der Waals surface area contributed by atoms with E-state index in [1.807, 2.05) is 19.9 Å². The Morgan fingerprint density at radius 2 is 1.94 bits per heavy atom. The van der Waals surface area contributed by atoms with Crippen molar-refractivity contribution < 1.29 is 9.53 Å². The van der Waals surface area contributed by atoms with Gasteiger partial charge < -0.3 is 4.74 Å². The molecule has 0 bridgehead atoms. The molecule has 0 aliphatic rings. The summed E-state index contributed by atoms with van der Waals surface area (Å²) in [5, 5.41) is 0.302. The maximum absolute atomic E-state index is 11.9. The molecule has 0 saturated carbocycles. The predicted molar refractivity (Wildman–Crippen MR) is 70.1 cm³/mol. The lowest BCUT2D eigenvalue weighted by Gasteiger charge is -2.11. The summed E-state index contributed by atoms with van der Waals surface area (Å²) in [4.78, 5) is 20.5. The van der Waals surface area contributed by atoms with Crippen molar-refractivity contribution >= 4 is 28.6 Å². The fraction of sp³-hybridized carbons (Fsp3) is 0.308. The Morgan fingerprint density at radius 3 is 2.56 bits per heavy atom. The van der Waals surface area contributed by atoms with Crippen molar-refractivity contribution in [2.24, 2.45) is 0 Å². The lowest BCUT2D eigenvalue weighted by Crippen LogP contribution is -2.08. The predicted octanol–water partition coefficient (Wildman–Crippen LogP) is 3.00. The lowest BCUT2D eigenvalue weighted by molar-refractivity contribution is 0.0602. The van der Waals surface area contributed by atoms with Gasteiger partial charge in [0.1, 0.15) is 5.52 Å². The summed E-state index contributed by atoms with van der Waals surface area (Å²) in [6.07, 6.45) is 0. The number of aryl methyl sites for hydroxylation is 2. The molecule has 0 N–H and O–H groups in total. The van der Waals surface area contributed by atoms with Gasteiger partial charge in [-0.3, -0.25) is 0 Å². The Hall–Kier alpha value is -1.68. The molecule has 0 unspecified atom stereocenters. The van der Waals surface area contributed by atoms with Gasteiger partial charge in [-0.25, -0.2) is 14.8 Å². The Balaban J connectivity index is 2.92. The number of hydrogen-bond donors (Lipinski definition) is 0. The van der Waals surface area contributed by atoms with E-state index in [4.69, 9.17) is 16.3 Å². The zero-order valence-electron chi connectivity index (χ0n) is 10.7. The van der Waals surface area contributed by atoms with Gasteiger partial charge in [-0.2, -0.15) is 0 Å². The summed E-state index contributed by atoms with van der Waals surface area (Å²) in [5.74, 6) is -0.421. The number of benzene rings is 1. The summed E-state index contributed by atoms with van der Waals surface area (Å²) in [5.41, 5.74) is 4.02. The summed E-state index contributed by atoms with van der Waals surface area (Å²) in [7, 11) is 1.35. The third-order valence-corrected chi connectivity index (χ3v) is 3.34. The minimum Gasteiger partial charge on any atom is -0.465 e. The van der Waals surface area contributed by atoms with Crippen molar-refractivity contribution in [3.05, 3.63) is 33.6 Å². The molecule has 0 aliphatic carbocycles. The molecule has 0 aliphatic heterocycles. The van der Waals surface area contributed by atoms with E-state index in [-0.39, 0.29) is 0 Å². The molecule has 4 nitrogen and oxygen atoms in total. The highest BCUT2D eigenvalue weighted by Crippen LogP contribution is 2.25. The van der Waals surface area contributed by atoms with Gasteiger partial charge in [-0.05, 0) is 38.0 Å². The molecule has 2 rings (SSSR count). The average molecular weight is 265 g/mol. The molecule has 0 atom stereocenters. The van der Waals surface area contributed by atoms with Crippen molar-refractivity contribution in [1.29, 1.82) is 0 Å². The van der Waals surface area contributed by atoms with Gasteiger partial charge in [0.05, 0.1) is 23.9 Å². The number of hydrogen-bond acceptors (Lipinski definition) is 4. The first kappa shape index (κ1) is 12.8. The van der Waals surface area contributed by atoms with Crippen LogP contribution in [0.1, 0.15) is 27.2 Å². The molecular formula is C13H13ClN2O2. The Kier molecular flexibility index (Phi) is 3.22. The van der Waals surface area contributed by atoms with Crippen molar-refractivity contribution in [1.82, 2.24) is 9.97 Å². The second-order valence-electron chi connectivity index (χ2n) is 4.15. The van der Waals surface area contributed by atoms with Crippen LogP contribution in [0.2, 0.25) is 5.15 Å². The zero-order chi connectivity index (χ0) is 13.4. The van der Waals surface area contributed by atoms with Gasteiger partial charge in [0.25, 0.3) is 0 Å². The molecule has 0 radical (unpaired) electrons. The lowest BCUT2D eigenvalue weighted by atomic mass is 10.0. The van der Waals surface area contributed by atoms with Crippen LogP contribution in [0.4, 0.5) is 0 Å². The third-order valence-electron chi connectivity index (χ3n) is 2.99. The summed E-state index contributed by atoms with van der Waals surface area (Å²) in [6, 6.07) is 1.90. The number of aromatic nitrogens is 2. The number of fused-ring (bicyclic) bond motifs is 1. The Bertz CT molecular complexity index is 648. The fourth-order valence-electron chi connectivity index (χ4n) is 1.84. The van der Waals surface area contributed by atoms with Crippen LogP contribution in [0.5, 0.6) is 0 Å². The standard InChI is InChI=1S/C13H13ClN2O2/c1-6-5-9-11(16-12(14)8(3)15-9)10(7(6)2)13(17)18-4/h5H,1-4H3. The van der Waals surface area contributed by atoms with Gasteiger partial charge in [0.15, 0.2) is 5.15 Å². The van der Waals surface area contributed by atoms with Crippen LogP contribution in [0.15, 0.2) is 6.07 Å². The van der Waals surface area contributed by atoms with E-state index in [9.17, 15) is 4.79 Å².